The van der Waals surface area contributed by atoms with Crippen molar-refractivity contribution in [3.63, 3.8) is 0 Å². The Morgan fingerprint density at radius 2 is 1.29 bits per heavy atom. The minimum absolute atomic E-state index is 0.0543. The maximum Gasteiger partial charge on any atom is 0.331 e. The summed E-state index contributed by atoms with van der Waals surface area (Å²) in [4.78, 5) is 12.0. The molecule has 56 heavy (non-hydrogen) atoms. The molecule has 0 spiro atoms. The lowest BCUT2D eigenvalue weighted by Gasteiger charge is -2.65. The Morgan fingerprint density at radius 3 is 1.86 bits per heavy atom. The molecule has 15 nitrogen and oxygen atoms in total. The van der Waals surface area contributed by atoms with Gasteiger partial charge >= 0.3 is 5.97 Å². The average Bonchev–Trinajstić information content (AvgIpc) is 3.64. The van der Waals surface area contributed by atoms with Crippen LogP contribution < -0.4 is 0 Å². The van der Waals surface area contributed by atoms with Gasteiger partial charge in [-0.15, -0.1) is 0 Å². The van der Waals surface area contributed by atoms with Gasteiger partial charge in [0.25, 0.3) is 0 Å². The van der Waals surface area contributed by atoms with E-state index >= 15 is 0 Å². The standard InChI is InChI=1S/C41H64O15/c1-18-36(48)26(42)13-33(51-18)55-38-20(3)53-34(15-28(38)44)56-37-19(2)52-32(14-27(37)43)54-23-8-9-39(4)22(11-23)6-7-24-25(39)12-30(46)40(5)35(21-10-31(47)50-17-21)29(45)16-41(24,40)49/h10,18-20,22-30,32-38,42-46,48-49H,6-9,11-17H2,1-5H3/t18-,19-,20-,22-,23+,24-,25+,26+,27+,28+,29+,30-,32+,33+,34+,35+,36-,37-,38-,39+,40-,41+/m1/s1. The highest BCUT2D eigenvalue weighted by Crippen LogP contribution is 2.70. The summed E-state index contributed by atoms with van der Waals surface area (Å²) in [5, 5.41) is 78.2. The smallest absolute Gasteiger partial charge is 0.331 e. The molecule has 0 radical (unpaired) electrons. The van der Waals surface area contributed by atoms with E-state index in [2.05, 4.69) is 6.92 Å². The van der Waals surface area contributed by atoms with Crippen molar-refractivity contribution in [2.24, 2.45) is 34.5 Å². The van der Waals surface area contributed by atoms with Crippen LogP contribution in [0.4, 0.5) is 0 Å². The number of rotatable bonds is 7. The summed E-state index contributed by atoms with van der Waals surface area (Å²) in [5.74, 6) is -0.755. The molecule has 0 unspecified atom stereocenters. The number of ether oxygens (including phenoxy) is 7. The second kappa shape index (κ2) is 15.3. The molecule has 4 aliphatic carbocycles. The van der Waals surface area contributed by atoms with Gasteiger partial charge in [-0.2, -0.15) is 0 Å². The van der Waals surface area contributed by atoms with Gasteiger partial charge in [0.15, 0.2) is 18.9 Å². The van der Waals surface area contributed by atoms with Crippen molar-refractivity contribution in [2.45, 2.75) is 197 Å². The Hall–Kier alpha value is -1.31. The monoisotopic (exact) mass is 796 g/mol. The summed E-state index contributed by atoms with van der Waals surface area (Å²) in [7, 11) is 0. The Morgan fingerprint density at radius 1 is 0.696 bits per heavy atom. The molecule has 22 atom stereocenters. The topological polar surface area (TPSA) is 223 Å². The summed E-state index contributed by atoms with van der Waals surface area (Å²) in [6, 6.07) is 0. The Bertz CT molecular complexity index is 1440. The van der Waals surface area contributed by atoms with Gasteiger partial charge in [-0.3, -0.25) is 0 Å². The van der Waals surface area contributed by atoms with Crippen LogP contribution in [0, 0.1) is 34.5 Å². The van der Waals surface area contributed by atoms with Gasteiger partial charge in [0, 0.05) is 43.1 Å². The molecule has 0 amide bonds. The lowest BCUT2D eigenvalue weighted by Crippen LogP contribution is -2.67. The molecule has 318 valence electrons. The number of carbonyl (C=O) groups is 1. The highest BCUT2D eigenvalue weighted by molar-refractivity contribution is 5.85. The first-order valence-corrected chi connectivity index (χ1v) is 21.0. The molecule has 0 aromatic rings. The van der Waals surface area contributed by atoms with Gasteiger partial charge in [-0.25, -0.2) is 4.79 Å². The quantitative estimate of drug-likeness (QED) is 0.142. The lowest BCUT2D eigenvalue weighted by molar-refractivity contribution is -0.336. The molecule has 4 heterocycles. The Labute approximate surface area is 328 Å². The molecule has 7 N–H and O–H groups in total. The van der Waals surface area contributed by atoms with Gasteiger partial charge < -0.3 is 68.9 Å². The molecular formula is C41H64O15. The molecule has 7 fully saturated rings. The maximum absolute atomic E-state index is 12.6. The van der Waals surface area contributed by atoms with Gasteiger partial charge in [0.2, 0.25) is 0 Å². The summed E-state index contributed by atoms with van der Waals surface area (Å²) >= 11 is 0. The van der Waals surface area contributed by atoms with E-state index in [0.29, 0.717) is 17.9 Å². The molecule has 8 aliphatic rings. The molecular weight excluding hydrogens is 732 g/mol. The average molecular weight is 797 g/mol. The van der Waals surface area contributed by atoms with Crippen LogP contribution in [-0.4, -0.2) is 146 Å². The minimum atomic E-state index is -1.29. The van der Waals surface area contributed by atoms with Crippen molar-refractivity contribution in [3.8, 4) is 0 Å². The third kappa shape index (κ3) is 6.91. The molecule has 0 aromatic carbocycles. The number of hydrogen-bond donors (Lipinski definition) is 7. The van der Waals surface area contributed by atoms with Crippen LogP contribution in [0.25, 0.3) is 0 Å². The fourth-order valence-corrected chi connectivity index (χ4v) is 12.8. The first kappa shape index (κ1) is 41.4. The zero-order valence-electron chi connectivity index (χ0n) is 33.2. The molecule has 4 aliphatic heterocycles. The van der Waals surface area contributed by atoms with Crippen LogP contribution in [0.15, 0.2) is 11.6 Å². The van der Waals surface area contributed by atoms with Crippen molar-refractivity contribution < 1.29 is 73.7 Å². The maximum atomic E-state index is 12.6. The van der Waals surface area contributed by atoms with E-state index in [1.807, 2.05) is 13.8 Å². The second-order valence-electron chi connectivity index (χ2n) is 19.0. The molecule has 4 saturated carbocycles. The van der Waals surface area contributed by atoms with E-state index in [-0.39, 0.29) is 55.6 Å². The summed E-state index contributed by atoms with van der Waals surface area (Å²) in [5.41, 5.74) is -1.79. The van der Waals surface area contributed by atoms with Gasteiger partial charge in [-0.1, -0.05) is 13.8 Å². The first-order valence-electron chi connectivity index (χ1n) is 21.0. The van der Waals surface area contributed by atoms with Crippen molar-refractivity contribution in [2.75, 3.05) is 6.61 Å². The van der Waals surface area contributed by atoms with Crippen LogP contribution in [0.3, 0.4) is 0 Å². The van der Waals surface area contributed by atoms with E-state index in [4.69, 9.17) is 33.2 Å². The number of cyclic esters (lactones) is 1. The van der Waals surface area contributed by atoms with Gasteiger partial charge in [0.1, 0.15) is 24.9 Å². The molecule has 3 saturated heterocycles. The van der Waals surface area contributed by atoms with E-state index in [0.717, 1.165) is 32.1 Å². The van der Waals surface area contributed by atoms with Crippen LogP contribution in [0.1, 0.15) is 98.8 Å². The number of esters is 1. The number of fused-ring (bicyclic) bond motifs is 5. The van der Waals surface area contributed by atoms with Crippen LogP contribution in [0.5, 0.6) is 0 Å². The Balaban J connectivity index is 0.845. The van der Waals surface area contributed by atoms with Crippen molar-refractivity contribution in [1.29, 1.82) is 0 Å². The first-order chi connectivity index (χ1) is 26.4. The molecule has 0 bridgehead atoms. The van der Waals surface area contributed by atoms with E-state index < -0.39 is 109 Å². The third-order valence-electron chi connectivity index (χ3n) is 15.9. The van der Waals surface area contributed by atoms with Crippen LogP contribution >= 0.6 is 0 Å². The number of aliphatic hydroxyl groups excluding tert-OH is 6. The predicted octanol–water partition coefficient (Wildman–Crippen LogP) is 1.19. The summed E-state index contributed by atoms with van der Waals surface area (Å²) < 4.78 is 42.0. The fourth-order valence-electron chi connectivity index (χ4n) is 12.8. The lowest BCUT2D eigenvalue weighted by atomic mass is 9.42. The van der Waals surface area contributed by atoms with Crippen molar-refractivity contribution >= 4 is 5.97 Å². The second-order valence-corrected chi connectivity index (χ2v) is 19.0. The summed E-state index contributed by atoms with van der Waals surface area (Å²) in [6.45, 7) is 9.48. The van der Waals surface area contributed by atoms with Crippen LogP contribution in [0.2, 0.25) is 0 Å². The fraction of sp³-hybridized carbons (Fsp3) is 0.927. The van der Waals surface area contributed by atoms with Gasteiger partial charge in [0.05, 0.1) is 60.5 Å². The zero-order valence-corrected chi connectivity index (χ0v) is 33.2. The van der Waals surface area contributed by atoms with Crippen LogP contribution in [-0.2, 0) is 38.0 Å². The highest BCUT2D eigenvalue weighted by Gasteiger charge is 2.73. The SMILES string of the molecule is C[C@H]1O[C@@H](O[C@H]2[C@@H](O)C[C@H](O[C@H]3[C@@H](O)C[C@H](O[C@H]4CC[C@@]5(C)[C@H](CC[C@@H]6[C@@H]5C[C@@H](O)[C@]5(C)[C@@H](C7=CC(=O)OC7)[C@@H](O)C[C@]65O)C4)O[C@@H]3C)O[C@@H]2C)C[C@H](O)[C@@H]1O. The number of aliphatic hydroxyl groups is 7. The largest absolute Gasteiger partial charge is 0.458 e. The Kier molecular flexibility index (Phi) is 11.3. The predicted molar refractivity (Wildman–Crippen MR) is 194 cm³/mol. The van der Waals surface area contributed by atoms with Gasteiger partial charge in [-0.05, 0) is 88.0 Å². The van der Waals surface area contributed by atoms with Crippen molar-refractivity contribution in [1.82, 2.24) is 0 Å². The molecule has 0 aromatic heterocycles. The highest BCUT2D eigenvalue weighted by atomic mass is 16.7. The number of carbonyl (C=O) groups excluding carboxylic acids is 1. The number of hydrogen-bond acceptors (Lipinski definition) is 15. The molecule has 15 heteroatoms. The summed E-state index contributed by atoms with van der Waals surface area (Å²) in [6.07, 6.45) is -4.69. The normalized spacial score (nSPS) is 56.1. The van der Waals surface area contributed by atoms with Crippen molar-refractivity contribution in [3.05, 3.63) is 11.6 Å². The third-order valence-corrected chi connectivity index (χ3v) is 15.9. The molecule has 8 rings (SSSR count). The van der Waals surface area contributed by atoms with E-state index in [1.54, 1.807) is 13.8 Å². The van der Waals surface area contributed by atoms with E-state index in [9.17, 15) is 40.5 Å². The minimum Gasteiger partial charge on any atom is -0.458 e. The van der Waals surface area contributed by atoms with E-state index in [1.165, 1.54) is 6.08 Å². The zero-order chi connectivity index (χ0) is 40.1.